The van der Waals surface area contributed by atoms with Gasteiger partial charge in [0.25, 0.3) is 0 Å². The van der Waals surface area contributed by atoms with Gasteiger partial charge in [0.1, 0.15) is 11.4 Å². The van der Waals surface area contributed by atoms with Crippen molar-refractivity contribution >= 4 is 5.71 Å². The average molecular weight is 281 g/mol. The summed E-state index contributed by atoms with van der Waals surface area (Å²) in [5, 5.41) is 3.40. The van der Waals surface area contributed by atoms with Gasteiger partial charge in [0.15, 0.2) is 0 Å². The number of fused-ring (bicyclic) bond motifs is 2. The van der Waals surface area contributed by atoms with E-state index in [1.165, 1.54) is 23.3 Å². The highest BCUT2D eigenvalue weighted by Crippen LogP contribution is 2.40. The Bertz CT molecular complexity index is 700. The van der Waals surface area contributed by atoms with Crippen molar-refractivity contribution < 1.29 is 4.39 Å². The van der Waals surface area contributed by atoms with Crippen molar-refractivity contribution in [1.29, 1.82) is 0 Å². The van der Waals surface area contributed by atoms with E-state index in [1.54, 1.807) is 0 Å². The number of hydrogen-bond donors (Lipinski definition) is 1. The van der Waals surface area contributed by atoms with Crippen LogP contribution < -0.4 is 5.32 Å². The number of pyridine rings is 1. The topological polar surface area (TPSA) is 37.3 Å². The summed E-state index contributed by atoms with van der Waals surface area (Å²) < 4.78 is 13.0. The molecule has 2 aliphatic heterocycles. The Hall–Kier alpha value is -2.07. The highest BCUT2D eigenvalue weighted by molar-refractivity contribution is 6.05. The molecule has 2 aliphatic rings. The van der Waals surface area contributed by atoms with Crippen molar-refractivity contribution in [3.05, 3.63) is 65.2 Å². The van der Waals surface area contributed by atoms with E-state index in [1.807, 2.05) is 30.6 Å². The number of aromatic nitrogens is 1. The average Bonchev–Trinajstić information content (AvgIpc) is 3.09. The Labute approximate surface area is 122 Å². The summed E-state index contributed by atoms with van der Waals surface area (Å²) in [7, 11) is 0. The first kappa shape index (κ1) is 12.7. The zero-order valence-corrected chi connectivity index (χ0v) is 11.6. The number of aliphatic imine (C=N–C) groups is 1. The minimum Gasteiger partial charge on any atom is -0.314 e. The maximum atomic E-state index is 13.0. The van der Waals surface area contributed by atoms with Gasteiger partial charge in [-0.2, -0.15) is 0 Å². The highest BCUT2D eigenvalue weighted by Gasteiger charge is 2.42. The maximum absolute atomic E-state index is 13.0. The van der Waals surface area contributed by atoms with Crippen LogP contribution in [-0.2, 0) is 12.0 Å². The molecular weight excluding hydrogens is 265 g/mol. The second-order valence-corrected chi connectivity index (χ2v) is 5.74. The van der Waals surface area contributed by atoms with Gasteiger partial charge in [0.2, 0.25) is 0 Å². The van der Waals surface area contributed by atoms with Crippen LogP contribution in [0, 0.1) is 5.82 Å². The van der Waals surface area contributed by atoms with Crippen LogP contribution in [0.5, 0.6) is 0 Å². The second-order valence-electron chi connectivity index (χ2n) is 5.74. The molecule has 1 aromatic carbocycles. The van der Waals surface area contributed by atoms with Crippen LogP contribution in [0.4, 0.5) is 4.39 Å². The lowest BCUT2D eigenvalue weighted by Crippen LogP contribution is -2.24. The van der Waals surface area contributed by atoms with Crippen LogP contribution >= 0.6 is 0 Å². The molecule has 0 saturated carbocycles. The number of rotatable bonds is 2. The molecule has 106 valence electrons. The fourth-order valence-electron chi connectivity index (χ4n) is 3.33. The molecule has 1 unspecified atom stereocenters. The molecule has 1 atom stereocenters. The lowest BCUT2D eigenvalue weighted by molar-refractivity contribution is 0.507. The summed E-state index contributed by atoms with van der Waals surface area (Å²) in [5.41, 5.74) is 4.45. The Morgan fingerprint density at radius 3 is 2.81 bits per heavy atom. The van der Waals surface area contributed by atoms with E-state index >= 15 is 0 Å². The van der Waals surface area contributed by atoms with Gasteiger partial charge in [0.05, 0.1) is 0 Å². The van der Waals surface area contributed by atoms with E-state index < -0.39 is 0 Å². The predicted molar refractivity (Wildman–Crippen MR) is 80.0 cm³/mol. The van der Waals surface area contributed by atoms with Gasteiger partial charge in [-0.15, -0.1) is 0 Å². The summed E-state index contributed by atoms with van der Waals surface area (Å²) in [6.45, 7) is 1.86. The molecule has 0 amide bonds. The first-order chi connectivity index (χ1) is 10.3. The third-order valence-electron chi connectivity index (χ3n) is 4.40. The molecule has 3 heterocycles. The van der Waals surface area contributed by atoms with E-state index in [-0.39, 0.29) is 11.4 Å². The van der Waals surface area contributed by atoms with E-state index in [4.69, 9.17) is 4.99 Å². The molecule has 1 aromatic heterocycles. The van der Waals surface area contributed by atoms with Crippen molar-refractivity contribution in [2.45, 2.75) is 18.4 Å². The van der Waals surface area contributed by atoms with Crippen molar-refractivity contribution in [3.63, 3.8) is 0 Å². The fraction of sp³-hybridized carbons (Fsp3) is 0.294. The third kappa shape index (κ3) is 2.07. The summed E-state index contributed by atoms with van der Waals surface area (Å²) in [6, 6.07) is 8.72. The molecule has 1 fully saturated rings. The Morgan fingerprint density at radius 1 is 1.19 bits per heavy atom. The number of nitrogens with one attached hydrogen (secondary N) is 1. The van der Waals surface area contributed by atoms with Gasteiger partial charge in [0, 0.05) is 42.2 Å². The van der Waals surface area contributed by atoms with E-state index in [0.717, 1.165) is 37.2 Å². The number of hydrogen-bond acceptors (Lipinski definition) is 3. The van der Waals surface area contributed by atoms with Crippen LogP contribution in [0.15, 0.2) is 47.7 Å². The summed E-state index contributed by atoms with van der Waals surface area (Å²) >= 11 is 0. The van der Waals surface area contributed by atoms with Crippen LogP contribution in [0.2, 0.25) is 0 Å². The minimum absolute atomic E-state index is 0.140. The summed E-state index contributed by atoms with van der Waals surface area (Å²) in [6.07, 6.45) is 5.52. The van der Waals surface area contributed by atoms with Crippen molar-refractivity contribution in [2.75, 3.05) is 13.1 Å². The maximum Gasteiger partial charge on any atom is 0.123 e. The van der Waals surface area contributed by atoms with E-state index in [2.05, 4.69) is 10.3 Å². The van der Waals surface area contributed by atoms with Crippen molar-refractivity contribution in [2.24, 2.45) is 4.99 Å². The molecule has 4 heteroatoms. The van der Waals surface area contributed by atoms with Crippen LogP contribution in [0.3, 0.4) is 0 Å². The zero-order chi connectivity index (χ0) is 14.3. The molecular formula is C17H16FN3. The Balaban J connectivity index is 1.73. The lowest BCUT2D eigenvalue weighted by atomic mass is 9.89. The summed E-state index contributed by atoms with van der Waals surface area (Å²) in [4.78, 5) is 9.30. The molecule has 1 spiro atoms. The smallest absolute Gasteiger partial charge is 0.123 e. The van der Waals surface area contributed by atoms with Crippen LogP contribution in [0.25, 0.3) is 0 Å². The zero-order valence-electron chi connectivity index (χ0n) is 11.6. The standard InChI is InChI=1S/C17H16FN3/c18-13-3-1-12(2-4-13)9-16-14-5-7-19-10-15(14)17(21-16)6-8-20-11-17/h1-5,7,10,20H,6,8-9,11H2. The quantitative estimate of drug-likeness (QED) is 0.918. The minimum atomic E-state index is -0.201. The van der Waals surface area contributed by atoms with Gasteiger partial charge >= 0.3 is 0 Å². The monoisotopic (exact) mass is 281 g/mol. The SMILES string of the molecule is Fc1ccc(CC2=NC3(CCNC3)c3cnccc32)cc1. The molecule has 21 heavy (non-hydrogen) atoms. The van der Waals surface area contributed by atoms with E-state index in [9.17, 15) is 4.39 Å². The molecule has 0 aliphatic carbocycles. The Morgan fingerprint density at radius 2 is 2.05 bits per heavy atom. The predicted octanol–water partition coefficient (Wildman–Crippen LogP) is 2.45. The van der Waals surface area contributed by atoms with Gasteiger partial charge in [-0.25, -0.2) is 4.39 Å². The van der Waals surface area contributed by atoms with Crippen molar-refractivity contribution in [3.8, 4) is 0 Å². The fourth-order valence-corrected chi connectivity index (χ4v) is 3.33. The van der Waals surface area contributed by atoms with E-state index in [0.29, 0.717) is 0 Å². The van der Waals surface area contributed by atoms with Crippen molar-refractivity contribution in [1.82, 2.24) is 10.3 Å². The van der Waals surface area contributed by atoms with Gasteiger partial charge in [-0.1, -0.05) is 12.1 Å². The molecule has 0 bridgehead atoms. The molecule has 4 rings (SSSR count). The second kappa shape index (κ2) is 4.74. The first-order valence-electron chi connectivity index (χ1n) is 7.26. The number of halogens is 1. The molecule has 3 nitrogen and oxygen atoms in total. The lowest BCUT2D eigenvalue weighted by Gasteiger charge is -2.19. The number of benzene rings is 1. The van der Waals surface area contributed by atoms with Gasteiger partial charge in [-0.05, 0) is 36.7 Å². The molecule has 0 radical (unpaired) electrons. The normalized spacial score (nSPS) is 23.4. The first-order valence-corrected chi connectivity index (χ1v) is 7.26. The van der Waals surface area contributed by atoms with Crippen LogP contribution in [0.1, 0.15) is 23.1 Å². The van der Waals surface area contributed by atoms with Gasteiger partial charge in [-0.3, -0.25) is 9.98 Å². The Kier molecular flexibility index (Phi) is 2.86. The number of nitrogens with zero attached hydrogens (tertiary/aromatic N) is 2. The summed E-state index contributed by atoms with van der Waals surface area (Å²) in [5.74, 6) is -0.201. The third-order valence-corrected chi connectivity index (χ3v) is 4.40. The highest BCUT2D eigenvalue weighted by atomic mass is 19.1. The largest absolute Gasteiger partial charge is 0.314 e. The molecule has 1 N–H and O–H groups in total. The molecule has 1 saturated heterocycles. The molecule has 2 aromatic rings. The van der Waals surface area contributed by atoms with Crippen LogP contribution in [-0.4, -0.2) is 23.8 Å². The van der Waals surface area contributed by atoms with Gasteiger partial charge < -0.3 is 5.32 Å².